The molecule has 0 amide bonds. The molecule has 2 N–H and O–H groups in total. The van der Waals surface area contributed by atoms with Gasteiger partial charge < -0.3 is 4.74 Å². The highest BCUT2D eigenvalue weighted by atomic mass is 16.5. The first kappa shape index (κ1) is 12.9. The number of ether oxygens (including phenoxy) is 1. The lowest BCUT2D eigenvalue weighted by molar-refractivity contribution is -0.574. The van der Waals surface area contributed by atoms with Crippen molar-refractivity contribution in [2.24, 2.45) is 17.7 Å². The van der Waals surface area contributed by atoms with Gasteiger partial charge in [-0.1, -0.05) is 0 Å². The number of hydrazine groups is 1. The second-order valence-electron chi connectivity index (χ2n) is 5.86. The maximum absolute atomic E-state index is 5.73. The van der Waals surface area contributed by atoms with Crippen molar-refractivity contribution in [3.63, 3.8) is 0 Å². The molecule has 98 valence electrons. The summed E-state index contributed by atoms with van der Waals surface area (Å²) >= 11 is 0. The monoisotopic (exact) mass is 239 g/mol. The Bertz CT molecular complexity index is 251. The average Bonchev–Trinajstić information content (AvgIpc) is 2.39. The van der Waals surface area contributed by atoms with Crippen molar-refractivity contribution in [3.05, 3.63) is 0 Å². The molecule has 0 bridgehead atoms. The molecule has 0 aromatic rings. The Morgan fingerprint density at radius 2 is 1.41 bits per heavy atom. The fraction of sp³-hybridized carbons (Fsp3) is 0.929. The summed E-state index contributed by atoms with van der Waals surface area (Å²) in [6, 6.07) is 0.515. The molecule has 0 radical (unpaired) electrons. The van der Waals surface area contributed by atoms with E-state index in [2.05, 4.69) is 6.72 Å². The summed E-state index contributed by atoms with van der Waals surface area (Å²) in [6.07, 6.45) is 10.9. The third kappa shape index (κ3) is 3.21. The van der Waals surface area contributed by atoms with Crippen molar-refractivity contribution in [3.8, 4) is 0 Å². The summed E-state index contributed by atoms with van der Waals surface area (Å²) in [5, 5.41) is 0. The van der Waals surface area contributed by atoms with Crippen LogP contribution in [0.15, 0.2) is 0 Å². The molecule has 0 saturated heterocycles. The summed E-state index contributed by atoms with van der Waals surface area (Å²) in [5.41, 5.74) is 0. The quantitative estimate of drug-likeness (QED) is 0.355. The van der Waals surface area contributed by atoms with Crippen LogP contribution in [0.2, 0.25) is 0 Å². The highest BCUT2D eigenvalue weighted by Crippen LogP contribution is 2.39. The van der Waals surface area contributed by atoms with Crippen molar-refractivity contribution in [2.75, 3.05) is 7.11 Å². The van der Waals surface area contributed by atoms with E-state index in [9.17, 15) is 0 Å². The number of nitrogens with zero attached hydrogens (tertiary/aromatic N) is 1. The molecule has 0 aromatic carbocycles. The highest BCUT2D eigenvalue weighted by molar-refractivity contribution is 5.14. The van der Waals surface area contributed by atoms with Gasteiger partial charge in [-0.25, -0.2) is 5.84 Å². The first-order valence-corrected chi connectivity index (χ1v) is 7.08. The van der Waals surface area contributed by atoms with Crippen molar-refractivity contribution in [2.45, 2.75) is 63.5 Å². The van der Waals surface area contributed by atoms with Crippen LogP contribution in [0.5, 0.6) is 0 Å². The standard InChI is InChI=1S/C14H27N2O/c1-16(15)13-7-3-11(4-8-13)12-5-9-14(17-2)10-6-12/h11-14H,1,3-10,15H2,2H3/q+1. The van der Waals surface area contributed by atoms with E-state index in [1.54, 1.807) is 4.68 Å². The number of hydrogen-bond acceptors (Lipinski definition) is 2. The molecule has 0 aliphatic heterocycles. The van der Waals surface area contributed by atoms with Crippen molar-refractivity contribution < 1.29 is 9.42 Å². The minimum absolute atomic E-state index is 0.515. The Morgan fingerprint density at radius 3 is 1.82 bits per heavy atom. The Balaban J connectivity index is 1.76. The predicted molar refractivity (Wildman–Crippen MR) is 70.1 cm³/mol. The lowest BCUT2D eigenvalue weighted by atomic mass is 9.72. The zero-order valence-electron chi connectivity index (χ0n) is 11.1. The van der Waals surface area contributed by atoms with E-state index in [0.29, 0.717) is 12.1 Å². The summed E-state index contributed by atoms with van der Waals surface area (Å²) in [6.45, 7) is 3.82. The SMILES string of the molecule is C=[N+](N)C1CCC(C2CCC(OC)CC2)CC1. The summed E-state index contributed by atoms with van der Waals surface area (Å²) in [5.74, 6) is 7.61. The van der Waals surface area contributed by atoms with E-state index in [1.165, 1.54) is 51.4 Å². The van der Waals surface area contributed by atoms with E-state index in [-0.39, 0.29) is 0 Å². The minimum Gasteiger partial charge on any atom is -0.381 e. The molecular formula is C14H27N2O+. The largest absolute Gasteiger partial charge is 0.381 e. The van der Waals surface area contributed by atoms with Crippen molar-refractivity contribution in [1.82, 2.24) is 0 Å². The third-order valence-corrected chi connectivity index (χ3v) is 4.93. The molecule has 3 heteroatoms. The Kier molecular flexibility index (Phi) is 4.43. The van der Waals surface area contributed by atoms with Gasteiger partial charge in [0.05, 0.1) is 6.10 Å². The van der Waals surface area contributed by atoms with Crippen LogP contribution in [-0.2, 0) is 4.74 Å². The molecule has 0 aromatic heterocycles. The number of rotatable bonds is 3. The van der Waals surface area contributed by atoms with Crippen LogP contribution in [0.3, 0.4) is 0 Å². The molecule has 0 atom stereocenters. The maximum Gasteiger partial charge on any atom is 0.180 e. The van der Waals surface area contributed by atoms with Gasteiger partial charge in [0, 0.05) is 20.0 Å². The molecule has 3 nitrogen and oxygen atoms in total. The normalized spacial score (nSPS) is 38.9. The fourth-order valence-electron chi connectivity index (χ4n) is 3.70. The van der Waals surface area contributed by atoms with E-state index in [0.717, 1.165) is 11.8 Å². The van der Waals surface area contributed by atoms with Crippen LogP contribution in [0, 0.1) is 11.8 Å². The van der Waals surface area contributed by atoms with Gasteiger partial charge in [-0.15, -0.1) is 4.68 Å². The van der Waals surface area contributed by atoms with Crippen LogP contribution in [-0.4, -0.2) is 30.7 Å². The smallest absolute Gasteiger partial charge is 0.180 e. The molecule has 0 unspecified atom stereocenters. The van der Waals surface area contributed by atoms with Gasteiger partial charge in [-0.2, -0.15) is 0 Å². The molecule has 17 heavy (non-hydrogen) atoms. The van der Waals surface area contributed by atoms with E-state index >= 15 is 0 Å². The van der Waals surface area contributed by atoms with E-state index in [1.807, 2.05) is 7.11 Å². The molecule has 2 saturated carbocycles. The second kappa shape index (κ2) is 5.85. The Hall–Kier alpha value is -0.570. The third-order valence-electron chi connectivity index (χ3n) is 4.93. The van der Waals surface area contributed by atoms with Crippen LogP contribution >= 0.6 is 0 Å². The highest BCUT2D eigenvalue weighted by Gasteiger charge is 2.33. The minimum atomic E-state index is 0.515. The first-order chi connectivity index (χ1) is 8.20. The van der Waals surface area contributed by atoms with Crippen molar-refractivity contribution in [1.29, 1.82) is 0 Å². The van der Waals surface area contributed by atoms with Crippen LogP contribution in [0.25, 0.3) is 0 Å². The van der Waals surface area contributed by atoms with Crippen molar-refractivity contribution >= 4 is 6.72 Å². The molecular weight excluding hydrogens is 212 g/mol. The van der Waals surface area contributed by atoms with Gasteiger partial charge in [0.2, 0.25) is 0 Å². The zero-order valence-corrected chi connectivity index (χ0v) is 11.1. The Labute approximate surface area is 105 Å². The number of nitrogens with two attached hydrogens (primary N) is 1. The summed E-state index contributed by atoms with van der Waals surface area (Å²) < 4.78 is 7.11. The van der Waals surface area contributed by atoms with Gasteiger partial charge in [0.25, 0.3) is 0 Å². The number of hydrogen-bond donors (Lipinski definition) is 1. The zero-order chi connectivity index (χ0) is 12.3. The fourth-order valence-corrected chi connectivity index (χ4v) is 3.70. The van der Waals surface area contributed by atoms with E-state index in [4.69, 9.17) is 10.6 Å². The summed E-state index contributed by atoms with van der Waals surface area (Å²) in [7, 11) is 1.85. The molecule has 2 fully saturated rings. The molecule has 2 rings (SSSR count). The lowest BCUT2D eigenvalue weighted by Crippen LogP contribution is -2.36. The molecule has 0 spiro atoms. The number of hydrazone groups is 1. The van der Waals surface area contributed by atoms with Crippen LogP contribution < -0.4 is 5.84 Å². The van der Waals surface area contributed by atoms with Crippen LogP contribution in [0.4, 0.5) is 0 Å². The van der Waals surface area contributed by atoms with Gasteiger partial charge in [0.15, 0.2) is 12.8 Å². The molecule has 0 heterocycles. The predicted octanol–water partition coefficient (Wildman–Crippen LogP) is 2.34. The van der Waals surface area contributed by atoms with E-state index < -0.39 is 0 Å². The average molecular weight is 239 g/mol. The first-order valence-electron chi connectivity index (χ1n) is 7.08. The lowest BCUT2D eigenvalue weighted by Gasteiger charge is -2.36. The molecule has 2 aliphatic rings. The Morgan fingerprint density at radius 1 is 0.941 bits per heavy atom. The second-order valence-corrected chi connectivity index (χ2v) is 5.86. The maximum atomic E-state index is 5.73. The summed E-state index contributed by atoms with van der Waals surface area (Å²) in [4.78, 5) is 0. The number of methoxy groups -OCH3 is 1. The molecule has 2 aliphatic carbocycles. The van der Waals surface area contributed by atoms with Crippen LogP contribution in [0.1, 0.15) is 51.4 Å². The van der Waals surface area contributed by atoms with Gasteiger partial charge >= 0.3 is 0 Å². The van der Waals surface area contributed by atoms with Gasteiger partial charge in [0.1, 0.15) is 0 Å². The topological polar surface area (TPSA) is 38.3 Å². The van der Waals surface area contributed by atoms with Gasteiger partial charge in [-0.3, -0.25) is 0 Å². The van der Waals surface area contributed by atoms with Gasteiger partial charge in [-0.05, 0) is 50.4 Å².